The summed E-state index contributed by atoms with van der Waals surface area (Å²) in [6, 6.07) is 5.09. The second-order valence-electron chi connectivity index (χ2n) is 6.08. The first kappa shape index (κ1) is 14.5. The largest absolute Gasteiger partial charge is 0.349 e. The molecule has 3 nitrogen and oxygen atoms in total. The van der Waals surface area contributed by atoms with Crippen molar-refractivity contribution in [2.75, 3.05) is 11.4 Å². The summed E-state index contributed by atoms with van der Waals surface area (Å²) < 4.78 is 0. The Morgan fingerprint density at radius 1 is 1.52 bits per heavy atom. The molecule has 0 saturated carbocycles. The maximum absolute atomic E-state index is 5.88. The molecule has 0 fully saturated rings. The van der Waals surface area contributed by atoms with Crippen molar-refractivity contribution in [3.8, 4) is 0 Å². The molecular formula is C17H23N3S. The first-order chi connectivity index (χ1) is 10.1. The van der Waals surface area contributed by atoms with E-state index in [2.05, 4.69) is 36.3 Å². The predicted octanol–water partition coefficient (Wildman–Crippen LogP) is 3.46. The molecular weight excluding hydrogens is 278 g/mol. The summed E-state index contributed by atoms with van der Waals surface area (Å²) >= 11 is 1.88. The van der Waals surface area contributed by atoms with Gasteiger partial charge in [-0.2, -0.15) is 0 Å². The van der Waals surface area contributed by atoms with Crippen LogP contribution in [-0.2, 0) is 12.8 Å². The minimum atomic E-state index is 0.180. The van der Waals surface area contributed by atoms with Crippen LogP contribution in [0.5, 0.6) is 0 Å². The summed E-state index contributed by atoms with van der Waals surface area (Å²) in [5, 5.41) is 2.21. The van der Waals surface area contributed by atoms with E-state index in [1.807, 2.05) is 24.5 Å². The number of aryl methyl sites for hydroxylation is 1. The lowest BCUT2D eigenvalue weighted by atomic mass is 10.0. The normalized spacial score (nSPS) is 19.4. The lowest BCUT2D eigenvalue weighted by Gasteiger charge is -2.35. The minimum Gasteiger partial charge on any atom is -0.349 e. The standard InChI is InChI=1S/C17H23N3S/c1-11-8-14(9-12(2)18)10-19-17(11)20-6-4-16-15(13(20)3)5-7-21-16/h5,7-8,10,12-13H,4,6,9,18H2,1-3H3. The average molecular weight is 301 g/mol. The van der Waals surface area contributed by atoms with E-state index in [1.54, 1.807) is 0 Å². The molecule has 4 heteroatoms. The molecule has 3 rings (SSSR count). The molecule has 0 aliphatic carbocycles. The number of nitrogens with zero attached hydrogens (tertiary/aromatic N) is 2. The van der Waals surface area contributed by atoms with E-state index < -0.39 is 0 Å². The Kier molecular flexibility index (Phi) is 4.00. The van der Waals surface area contributed by atoms with Gasteiger partial charge >= 0.3 is 0 Å². The third-order valence-electron chi connectivity index (χ3n) is 4.21. The lowest BCUT2D eigenvalue weighted by Crippen LogP contribution is -2.34. The number of hydrogen-bond acceptors (Lipinski definition) is 4. The Labute approximate surface area is 130 Å². The van der Waals surface area contributed by atoms with E-state index in [0.717, 1.165) is 25.2 Å². The third-order valence-corrected chi connectivity index (χ3v) is 5.21. The van der Waals surface area contributed by atoms with Gasteiger partial charge in [-0.3, -0.25) is 0 Å². The van der Waals surface area contributed by atoms with Crippen LogP contribution in [-0.4, -0.2) is 17.6 Å². The van der Waals surface area contributed by atoms with Crippen LogP contribution in [0.2, 0.25) is 0 Å². The molecule has 0 aromatic carbocycles. The van der Waals surface area contributed by atoms with Gasteiger partial charge in [0.1, 0.15) is 5.82 Å². The highest BCUT2D eigenvalue weighted by atomic mass is 32.1. The van der Waals surface area contributed by atoms with Gasteiger partial charge in [-0.1, -0.05) is 6.07 Å². The Bertz CT molecular complexity index is 633. The van der Waals surface area contributed by atoms with Crippen LogP contribution in [0.3, 0.4) is 0 Å². The highest BCUT2D eigenvalue weighted by Gasteiger charge is 2.26. The van der Waals surface area contributed by atoms with Crippen molar-refractivity contribution in [1.82, 2.24) is 4.98 Å². The van der Waals surface area contributed by atoms with E-state index in [4.69, 9.17) is 10.7 Å². The second kappa shape index (κ2) is 5.78. The van der Waals surface area contributed by atoms with E-state index in [0.29, 0.717) is 6.04 Å². The highest BCUT2D eigenvalue weighted by Crippen LogP contribution is 2.36. The molecule has 112 valence electrons. The van der Waals surface area contributed by atoms with Crippen LogP contribution < -0.4 is 10.6 Å². The topological polar surface area (TPSA) is 42.1 Å². The maximum atomic E-state index is 5.88. The number of aromatic nitrogens is 1. The van der Waals surface area contributed by atoms with Gasteiger partial charge in [0.15, 0.2) is 0 Å². The first-order valence-corrected chi connectivity index (χ1v) is 8.48. The van der Waals surface area contributed by atoms with E-state index in [9.17, 15) is 0 Å². The van der Waals surface area contributed by atoms with Gasteiger partial charge in [0.05, 0.1) is 6.04 Å². The van der Waals surface area contributed by atoms with Gasteiger partial charge in [0.25, 0.3) is 0 Å². The molecule has 0 spiro atoms. The summed E-state index contributed by atoms with van der Waals surface area (Å²) in [6.45, 7) is 7.52. The van der Waals surface area contributed by atoms with E-state index in [-0.39, 0.29) is 6.04 Å². The van der Waals surface area contributed by atoms with Crippen LogP contribution in [0, 0.1) is 6.92 Å². The zero-order chi connectivity index (χ0) is 15.0. The van der Waals surface area contributed by atoms with Gasteiger partial charge in [-0.15, -0.1) is 11.3 Å². The van der Waals surface area contributed by atoms with E-state index in [1.165, 1.54) is 21.6 Å². The van der Waals surface area contributed by atoms with Crippen LogP contribution in [0.1, 0.15) is 41.5 Å². The molecule has 0 radical (unpaired) electrons. The molecule has 3 heterocycles. The second-order valence-corrected chi connectivity index (χ2v) is 7.08. The molecule has 2 unspecified atom stereocenters. The van der Waals surface area contributed by atoms with Crippen molar-refractivity contribution in [3.05, 3.63) is 45.3 Å². The molecule has 21 heavy (non-hydrogen) atoms. The van der Waals surface area contributed by atoms with Gasteiger partial charge in [0, 0.05) is 23.7 Å². The number of hydrogen-bond donors (Lipinski definition) is 1. The van der Waals surface area contributed by atoms with Crippen LogP contribution in [0.25, 0.3) is 0 Å². The molecule has 1 aliphatic rings. The predicted molar refractivity (Wildman–Crippen MR) is 90.1 cm³/mol. The van der Waals surface area contributed by atoms with Crippen molar-refractivity contribution in [3.63, 3.8) is 0 Å². The number of anilines is 1. The minimum absolute atomic E-state index is 0.180. The Morgan fingerprint density at radius 3 is 3.05 bits per heavy atom. The zero-order valence-electron chi connectivity index (χ0n) is 13.0. The molecule has 2 N–H and O–H groups in total. The number of nitrogens with two attached hydrogens (primary N) is 1. The van der Waals surface area contributed by atoms with Crippen LogP contribution in [0.4, 0.5) is 5.82 Å². The summed E-state index contributed by atoms with van der Waals surface area (Å²) in [5.74, 6) is 1.12. The van der Waals surface area contributed by atoms with Crippen LogP contribution in [0.15, 0.2) is 23.7 Å². The van der Waals surface area contributed by atoms with E-state index >= 15 is 0 Å². The lowest BCUT2D eigenvalue weighted by molar-refractivity contribution is 0.622. The fraction of sp³-hybridized carbons (Fsp3) is 0.471. The summed E-state index contributed by atoms with van der Waals surface area (Å²) in [5.41, 5.74) is 9.82. The van der Waals surface area contributed by atoms with Gasteiger partial charge < -0.3 is 10.6 Å². The summed E-state index contributed by atoms with van der Waals surface area (Å²) in [6.07, 6.45) is 4.00. The monoisotopic (exact) mass is 301 g/mol. The van der Waals surface area contributed by atoms with Crippen molar-refractivity contribution in [1.29, 1.82) is 0 Å². The molecule has 2 aromatic rings. The van der Waals surface area contributed by atoms with Crippen LogP contribution >= 0.6 is 11.3 Å². The number of thiophene rings is 1. The summed E-state index contributed by atoms with van der Waals surface area (Å²) in [4.78, 5) is 8.70. The Hall–Kier alpha value is -1.39. The third kappa shape index (κ3) is 2.83. The van der Waals surface area contributed by atoms with Gasteiger partial charge in [0.2, 0.25) is 0 Å². The highest BCUT2D eigenvalue weighted by molar-refractivity contribution is 7.10. The first-order valence-electron chi connectivity index (χ1n) is 7.60. The number of rotatable bonds is 3. The molecule has 0 bridgehead atoms. The molecule has 2 aromatic heterocycles. The quantitative estimate of drug-likeness (QED) is 0.944. The Balaban J connectivity index is 1.88. The fourth-order valence-corrected chi connectivity index (χ4v) is 4.17. The average Bonchev–Trinajstić information content (AvgIpc) is 2.89. The van der Waals surface area contributed by atoms with Crippen molar-refractivity contribution < 1.29 is 0 Å². The fourth-order valence-electron chi connectivity index (χ4n) is 3.21. The van der Waals surface area contributed by atoms with Crippen molar-refractivity contribution in [2.24, 2.45) is 5.73 Å². The molecule has 0 saturated heterocycles. The molecule has 0 amide bonds. The zero-order valence-corrected chi connectivity index (χ0v) is 13.8. The Morgan fingerprint density at radius 2 is 2.33 bits per heavy atom. The van der Waals surface area contributed by atoms with Gasteiger partial charge in [-0.25, -0.2) is 4.98 Å². The number of fused-ring (bicyclic) bond motifs is 1. The molecule has 2 atom stereocenters. The molecule has 1 aliphatic heterocycles. The SMILES string of the molecule is Cc1cc(CC(C)N)cnc1N1CCc2sccc2C1C. The number of pyridine rings is 1. The van der Waals surface area contributed by atoms with Gasteiger partial charge in [-0.05, 0) is 61.7 Å². The van der Waals surface area contributed by atoms with Crippen molar-refractivity contribution >= 4 is 17.2 Å². The van der Waals surface area contributed by atoms with Crippen molar-refractivity contribution in [2.45, 2.75) is 45.7 Å². The smallest absolute Gasteiger partial charge is 0.131 e. The summed E-state index contributed by atoms with van der Waals surface area (Å²) in [7, 11) is 0. The maximum Gasteiger partial charge on any atom is 0.131 e.